The summed E-state index contributed by atoms with van der Waals surface area (Å²) in [6, 6.07) is 44.3. The van der Waals surface area contributed by atoms with E-state index in [2.05, 4.69) is 91.0 Å². The Morgan fingerprint density at radius 2 is 1.22 bits per heavy atom. The van der Waals surface area contributed by atoms with Gasteiger partial charge in [0, 0.05) is 38.4 Å². The lowest BCUT2D eigenvalue weighted by molar-refractivity contribution is 0.353. The van der Waals surface area contributed by atoms with Gasteiger partial charge in [-0.25, -0.2) is 15.0 Å². The standard InChI is InChI=1S/C44H30N4O/c45-26-31-12-8-15-35-39(31)40-34(14-9-16-36(40)44(35)22-6-1-7-23-44)43-47-41(29-19-18-27-10-2-3-11-28(27)24-29)46-42(48-43)30-20-21-33-32-13-4-5-17-37(32)49-38(33)25-30/h2-5,8-21,24-25H,1,6-7,22-23H2. The van der Waals surface area contributed by atoms with Crippen LogP contribution in [0.15, 0.2) is 126 Å². The maximum absolute atomic E-state index is 10.4. The quantitative estimate of drug-likeness (QED) is 0.194. The summed E-state index contributed by atoms with van der Waals surface area (Å²) in [4.78, 5) is 15.5. The van der Waals surface area contributed by atoms with Crippen LogP contribution in [0.3, 0.4) is 0 Å². The molecule has 2 heterocycles. The van der Waals surface area contributed by atoms with Crippen molar-refractivity contribution < 1.29 is 4.42 Å². The van der Waals surface area contributed by atoms with Crippen LogP contribution in [0.1, 0.15) is 48.8 Å². The van der Waals surface area contributed by atoms with Gasteiger partial charge in [0.1, 0.15) is 11.2 Å². The highest BCUT2D eigenvalue weighted by Gasteiger charge is 2.45. The molecule has 0 amide bonds. The molecule has 6 aromatic carbocycles. The Morgan fingerprint density at radius 3 is 2.06 bits per heavy atom. The first kappa shape index (κ1) is 27.9. The van der Waals surface area contributed by atoms with Gasteiger partial charge in [-0.15, -0.1) is 0 Å². The van der Waals surface area contributed by atoms with E-state index < -0.39 is 0 Å². The highest BCUT2D eigenvalue weighted by atomic mass is 16.3. The van der Waals surface area contributed by atoms with Gasteiger partial charge >= 0.3 is 0 Å². The van der Waals surface area contributed by atoms with E-state index in [0.717, 1.165) is 73.4 Å². The third-order valence-corrected chi connectivity index (χ3v) is 10.8. The molecule has 1 spiro atoms. The van der Waals surface area contributed by atoms with Crippen LogP contribution in [-0.4, -0.2) is 15.0 Å². The summed E-state index contributed by atoms with van der Waals surface area (Å²) in [5, 5.41) is 14.8. The van der Waals surface area contributed by atoms with Crippen LogP contribution < -0.4 is 0 Å². The molecule has 0 N–H and O–H groups in total. The summed E-state index contributed by atoms with van der Waals surface area (Å²) in [6.07, 6.45) is 5.74. The fourth-order valence-electron chi connectivity index (χ4n) is 8.51. The Bertz CT molecular complexity index is 2670. The highest BCUT2D eigenvalue weighted by Crippen LogP contribution is 2.58. The lowest BCUT2D eigenvalue weighted by Crippen LogP contribution is -2.28. The van der Waals surface area contributed by atoms with Gasteiger partial charge < -0.3 is 4.42 Å². The van der Waals surface area contributed by atoms with Crippen molar-refractivity contribution in [3.05, 3.63) is 138 Å². The molecule has 0 atom stereocenters. The van der Waals surface area contributed by atoms with Crippen LogP contribution >= 0.6 is 0 Å². The van der Waals surface area contributed by atoms with E-state index in [1.165, 1.54) is 30.4 Å². The first-order chi connectivity index (χ1) is 24.2. The van der Waals surface area contributed by atoms with Gasteiger partial charge in [-0.2, -0.15) is 5.26 Å². The van der Waals surface area contributed by atoms with Crippen LogP contribution in [0.2, 0.25) is 0 Å². The Morgan fingerprint density at radius 1 is 0.551 bits per heavy atom. The Kier molecular flexibility index (Phi) is 6.10. The van der Waals surface area contributed by atoms with E-state index in [1.807, 2.05) is 36.4 Å². The van der Waals surface area contributed by atoms with Gasteiger partial charge in [0.25, 0.3) is 0 Å². The van der Waals surface area contributed by atoms with Crippen LogP contribution in [0.5, 0.6) is 0 Å². The Labute approximate surface area is 283 Å². The van der Waals surface area contributed by atoms with Crippen molar-refractivity contribution in [3.8, 4) is 51.4 Å². The molecule has 0 unspecified atom stereocenters. The smallest absolute Gasteiger partial charge is 0.164 e. The maximum Gasteiger partial charge on any atom is 0.164 e. The number of hydrogen-bond acceptors (Lipinski definition) is 5. The lowest BCUT2D eigenvalue weighted by atomic mass is 9.67. The number of furan rings is 1. The third kappa shape index (κ3) is 4.20. The minimum atomic E-state index is -0.102. The average Bonchev–Trinajstić information content (AvgIpc) is 3.67. The molecule has 0 aliphatic heterocycles. The number of aromatic nitrogens is 3. The molecular formula is C44H30N4O. The zero-order valence-corrected chi connectivity index (χ0v) is 26.8. The molecule has 5 nitrogen and oxygen atoms in total. The van der Waals surface area contributed by atoms with Crippen molar-refractivity contribution in [2.75, 3.05) is 0 Å². The average molecular weight is 631 g/mol. The van der Waals surface area contributed by atoms with Crippen LogP contribution in [0.25, 0.3) is 78.0 Å². The lowest BCUT2D eigenvalue weighted by Gasteiger charge is -2.36. The van der Waals surface area contributed by atoms with Gasteiger partial charge in [-0.05, 0) is 70.6 Å². The van der Waals surface area contributed by atoms with Crippen molar-refractivity contribution in [1.29, 1.82) is 5.26 Å². The van der Waals surface area contributed by atoms with E-state index in [0.29, 0.717) is 23.0 Å². The van der Waals surface area contributed by atoms with Crippen molar-refractivity contribution in [3.63, 3.8) is 0 Å². The predicted molar refractivity (Wildman–Crippen MR) is 195 cm³/mol. The molecule has 0 bridgehead atoms. The minimum Gasteiger partial charge on any atom is -0.456 e. The normalized spacial score (nSPS) is 14.7. The molecule has 2 aromatic heterocycles. The van der Waals surface area contributed by atoms with E-state index in [1.54, 1.807) is 0 Å². The molecule has 49 heavy (non-hydrogen) atoms. The third-order valence-electron chi connectivity index (χ3n) is 10.8. The molecule has 2 aliphatic carbocycles. The topological polar surface area (TPSA) is 75.6 Å². The van der Waals surface area contributed by atoms with Crippen LogP contribution in [0.4, 0.5) is 0 Å². The minimum absolute atomic E-state index is 0.102. The van der Waals surface area contributed by atoms with E-state index in [9.17, 15) is 5.26 Å². The van der Waals surface area contributed by atoms with Gasteiger partial charge in [-0.3, -0.25) is 0 Å². The molecule has 1 saturated carbocycles. The molecule has 232 valence electrons. The first-order valence-electron chi connectivity index (χ1n) is 17.0. The largest absolute Gasteiger partial charge is 0.456 e. The van der Waals surface area contributed by atoms with Crippen molar-refractivity contribution in [1.82, 2.24) is 15.0 Å². The van der Waals surface area contributed by atoms with Crippen molar-refractivity contribution in [2.45, 2.75) is 37.5 Å². The van der Waals surface area contributed by atoms with Gasteiger partial charge in [0.15, 0.2) is 17.5 Å². The second kappa shape index (κ2) is 10.7. The number of para-hydroxylation sites is 1. The molecule has 8 aromatic rings. The predicted octanol–water partition coefficient (Wildman–Crippen LogP) is 11.0. The van der Waals surface area contributed by atoms with E-state index in [4.69, 9.17) is 19.4 Å². The molecule has 0 saturated heterocycles. The fraction of sp³-hybridized carbons (Fsp3) is 0.136. The summed E-state index contributed by atoms with van der Waals surface area (Å²) in [5.41, 5.74) is 9.64. The molecular weight excluding hydrogens is 601 g/mol. The first-order valence-corrected chi connectivity index (χ1v) is 17.0. The number of hydrogen-bond donors (Lipinski definition) is 0. The summed E-state index contributed by atoms with van der Waals surface area (Å²) < 4.78 is 6.28. The van der Waals surface area contributed by atoms with Gasteiger partial charge in [0.2, 0.25) is 0 Å². The maximum atomic E-state index is 10.4. The number of fused-ring (bicyclic) bond motifs is 9. The van der Waals surface area contributed by atoms with Gasteiger partial charge in [-0.1, -0.05) is 110 Å². The number of nitrogens with zero attached hydrogens (tertiary/aromatic N) is 4. The SMILES string of the molecule is N#Cc1cccc2c1-c1c(-c3nc(-c4ccc5ccccc5c4)nc(-c4ccc5c(c4)oc4ccccc45)n3)cccc1C21CCCCC1. The summed E-state index contributed by atoms with van der Waals surface area (Å²) in [7, 11) is 0. The summed E-state index contributed by atoms with van der Waals surface area (Å²) >= 11 is 0. The van der Waals surface area contributed by atoms with Crippen molar-refractivity contribution in [2.24, 2.45) is 0 Å². The van der Waals surface area contributed by atoms with Gasteiger partial charge in [0.05, 0.1) is 11.6 Å². The van der Waals surface area contributed by atoms with Crippen LogP contribution in [0, 0.1) is 11.3 Å². The monoisotopic (exact) mass is 630 g/mol. The zero-order valence-electron chi connectivity index (χ0n) is 26.8. The van der Waals surface area contributed by atoms with Crippen molar-refractivity contribution >= 4 is 32.7 Å². The molecule has 1 fully saturated rings. The van der Waals surface area contributed by atoms with E-state index in [-0.39, 0.29) is 5.41 Å². The van der Waals surface area contributed by atoms with Crippen LogP contribution in [-0.2, 0) is 5.41 Å². The van der Waals surface area contributed by atoms with E-state index >= 15 is 0 Å². The Balaban J connectivity index is 1.23. The number of rotatable bonds is 3. The molecule has 2 aliphatic rings. The Hall–Kier alpha value is -6.12. The second-order valence-corrected chi connectivity index (χ2v) is 13.4. The number of nitriles is 1. The summed E-state index contributed by atoms with van der Waals surface area (Å²) in [5.74, 6) is 1.78. The molecule has 5 heteroatoms. The zero-order chi connectivity index (χ0) is 32.5. The molecule has 0 radical (unpaired) electrons. The fourth-order valence-corrected chi connectivity index (χ4v) is 8.51. The second-order valence-electron chi connectivity index (χ2n) is 13.4. The molecule has 10 rings (SSSR count). The number of benzene rings is 6. The highest BCUT2D eigenvalue weighted by molar-refractivity contribution is 6.05. The summed E-state index contributed by atoms with van der Waals surface area (Å²) in [6.45, 7) is 0.